The van der Waals surface area contributed by atoms with Crippen molar-refractivity contribution in [1.82, 2.24) is 19.1 Å². The van der Waals surface area contributed by atoms with E-state index in [1.165, 1.54) is 7.05 Å². The van der Waals surface area contributed by atoms with Crippen molar-refractivity contribution in [2.75, 3.05) is 12.9 Å². The van der Waals surface area contributed by atoms with E-state index < -0.39 is 21.4 Å². The Morgan fingerprint density at radius 1 is 1.33 bits per heavy atom. The Balaban J connectivity index is 2.52. The van der Waals surface area contributed by atoms with Crippen LogP contribution in [0.15, 0.2) is 9.59 Å². The number of aromatic nitrogens is 4. The van der Waals surface area contributed by atoms with Crippen molar-refractivity contribution in [3.8, 4) is 0 Å². The second-order valence-electron chi connectivity index (χ2n) is 4.55. The van der Waals surface area contributed by atoms with E-state index >= 15 is 0 Å². The first-order valence-corrected chi connectivity index (χ1v) is 8.09. The van der Waals surface area contributed by atoms with Gasteiger partial charge in [-0.1, -0.05) is 6.92 Å². The molecule has 1 N–H and O–H groups in total. The summed E-state index contributed by atoms with van der Waals surface area (Å²) in [7, 11) is -2.19. The molecule has 2 aromatic rings. The van der Waals surface area contributed by atoms with Crippen molar-refractivity contribution in [2.45, 2.75) is 19.9 Å². The number of imidazole rings is 1. The van der Waals surface area contributed by atoms with Crippen LogP contribution < -0.4 is 11.2 Å². The number of nitrogens with one attached hydrogen (secondary N) is 1. The molecular weight excluding hydrogens is 300 g/mol. The molecule has 0 spiro atoms. The first kappa shape index (κ1) is 15.4. The van der Waals surface area contributed by atoms with Gasteiger partial charge in [-0.15, -0.1) is 0 Å². The summed E-state index contributed by atoms with van der Waals surface area (Å²) in [5.41, 5.74) is -0.628. The number of H-pyrrole nitrogens is 1. The highest BCUT2D eigenvalue weighted by molar-refractivity contribution is 7.85. The van der Waals surface area contributed by atoms with Gasteiger partial charge in [-0.2, -0.15) is 8.42 Å². The summed E-state index contributed by atoms with van der Waals surface area (Å²) in [5.74, 6) is 0.570. The minimum atomic E-state index is -3.54. The molecule has 2 rings (SSSR count). The predicted octanol–water partition coefficient (Wildman–Crippen LogP) is -1.04. The Kier molecular flexibility index (Phi) is 4.01. The highest BCUT2D eigenvalue weighted by Gasteiger charge is 2.15. The van der Waals surface area contributed by atoms with Gasteiger partial charge in [-0.05, 0) is 0 Å². The molecule has 0 aliphatic rings. The van der Waals surface area contributed by atoms with Crippen LogP contribution in [0.5, 0.6) is 0 Å². The van der Waals surface area contributed by atoms with E-state index in [-0.39, 0.29) is 24.3 Å². The summed E-state index contributed by atoms with van der Waals surface area (Å²) in [6.45, 7) is 1.90. The third-order valence-electron chi connectivity index (χ3n) is 3.01. The van der Waals surface area contributed by atoms with Gasteiger partial charge in [0.2, 0.25) is 0 Å². The van der Waals surface area contributed by atoms with Gasteiger partial charge >= 0.3 is 5.69 Å². The lowest BCUT2D eigenvalue weighted by molar-refractivity contribution is 0.303. The highest BCUT2D eigenvalue weighted by atomic mass is 32.2. The Hall–Kier alpha value is -1.94. The van der Waals surface area contributed by atoms with Gasteiger partial charge in [-0.25, -0.2) is 9.78 Å². The molecule has 2 heterocycles. The normalized spacial score (nSPS) is 12.1. The summed E-state index contributed by atoms with van der Waals surface area (Å²) in [4.78, 5) is 30.5. The highest BCUT2D eigenvalue weighted by Crippen LogP contribution is 2.10. The fourth-order valence-corrected chi connectivity index (χ4v) is 2.38. The van der Waals surface area contributed by atoms with E-state index in [1.807, 2.05) is 6.92 Å². The number of fused-ring (bicyclic) bond motifs is 1. The smallest absolute Gasteiger partial charge is 0.312 e. The average Bonchev–Trinajstić information content (AvgIpc) is 2.73. The predicted molar refractivity (Wildman–Crippen MR) is 75.8 cm³/mol. The van der Waals surface area contributed by atoms with Gasteiger partial charge in [0.25, 0.3) is 15.7 Å². The van der Waals surface area contributed by atoms with Crippen molar-refractivity contribution in [2.24, 2.45) is 7.05 Å². The van der Waals surface area contributed by atoms with Crippen LogP contribution in [-0.4, -0.2) is 40.4 Å². The molecular formula is C11H16N4O5S. The number of aromatic amines is 1. The third-order valence-corrected chi connectivity index (χ3v) is 3.61. The monoisotopic (exact) mass is 316 g/mol. The van der Waals surface area contributed by atoms with Crippen LogP contribution in [0.2, 0.25) is 0 Å². The van der Waals surface area contributed by atoms with E-state index in [0.29, 0.717) is 12.2 Å². The Morgan fingerprint density at radius 2 is 2.00 bits per heavy atom. The van der Waals surface area contributed by atoms with Crippen molar-refractivity contribution in [3.63, 3.8) is 0 Å². The SMILES string of the molecule is CCc1nc2c(=O)n(C)c(=O)[nH]c2n1CCOS(C)(=O)=O. The molecule has 0 fully saturated rings. The van der Waals surface area contributed by atoms with Crippen LogP contribution in [0.3, 0.4) is 0 Å². The van der Waals surface area contributed by atoms with E-state index in [0.717, 1.165) is 10.8 Å². The second kappa shape index (κ2) is 5.45. The van der Waals surface area contributed by atoms with Crippen molar-refractivity contribution in [1.29, 1.82) is 0 Å². The van der Waals surface area contributed by atoms with Crippen molar-refractivity contribution in [3.05, 3.63) is 26.7 Å². The molecule has 0 saturated carbocycles. The fourth-order valence-electron chi connectivity index (χ4n) is 2.00. The second-order valence-corrected chi connectivity index (χ2v) is 6.19. The molecule has 2 aromatic heterocycles. The zero-order chi connectivity index (χ0) is 15.8. The molecule has 0 bridgehead atoms. The van der Waals surface area contributed by atoms with Crippen LogP contribution in [-0.2, 0) is 34.3 Å². The summed E-state index contributed by atoms with van der Waals surface area (Å²) < 4.78 is 29.2. The molecule has 0 amide bonds. The maximum atomic E-state index is 12.0. The number of rotatable bonds is 5. The molecule has 0 radical (unpaired) electrons. The van der Waals surface area contributed by atoms with E-state index in [9.17, 15) is 18.0 Å². The Labute approximate surface area is 120 Å². The molecule has 0 aliphatic carbocycles. The topological polar surface area (TPSA) is 116 Å². The van der Waals surface area contributed by atoms with E-state index in [2.05, 4.69) is 14.2 Å². The molecule has 0 unspecified atom stereocenters. The standard InChI is InChI=1S/C11H16N4O5S/c1-4-7-12-8-9(13-11(17)14(2)10(8)16)15(7)5-6-20-21(3,18)19/h4-6H2,1-3H3,(H,13,17). The van der Waals surface area contributed by atoms with Gasteiger partial charge < -0.3 is 4.57 Å². The summed E-state index contributed by atoms with van der Waals surface area (Å²) in [6, 6.07) is 0. The van der Waals surface area contributed by atoms with Crippen LogP contribution in [0.4, 0.5) is 0 Å². The zero-order valence-corrected chi connectivity index (χ0v) is 12.7. The minimum absolute atomic E-state index is 0.103. The van der Waals surface area contributed by atoms with Crippen molar-refractivity contribution >= 4 is 21.3 Å². The molecule has 9 nitrogen and oxygen atoms in total. The van der Waals surface area contributed by atoms with E-state index in [4.69, 9.17) is 0 Å². The van der Waals surface area contributed by atoms with Gasteiger partial charge in [0.15, 0.2) is 5.52 Å². The summed E-state index contributed by atoms with van der Waals surface area (Å²) in [5, 5.41) is 0. The summed E-state index contributed by atoms with van der Waals surface area (Å²) in [6.07, 6.45) is 1.48. The average molecular weight is 316 g/mol. The Bertz CT molecular complexity index is 890. The summed E-state index contributed by atoms with van der Waals surface area (Å²) >= 11 is 0. The number of aryl methyl sites for hydroxylation is 1. The number of hydrogen-bond acceptors (Lipinski definition) is 6. The first-order chi connectivity index (χ1) is 9.74. The molecule has 0 aliphatic heterocycles. The van der Waals surface area contributed by atoms with Gasteiger partial charge in [0.1, 0.15) is 11.5 Å². The van der Waals surface area contributed by atoms with Crippen LogP contribution in [0.1, 0.15) is 12.7 Å². The largest absolute Gasteiger partial charge is 0.329 e. The zero-order valence-electron chi connectivity index (χ0n) is 11.9. The van der Waals surface area contributed by atoms with Gasteiger partial charge in [0, 0.05) is 13.5 Å². The molecule has 0 saturated heterocycles. The Morgan fingerprint density at radius 3 is 2.57 bits per heavy atom. The lowest BCUT2D eigenvalue weighted by Crippen LogP contribution is -2.32. The maximum absolute atomic E-state index is 12.0. The quantitative estimate of drug-likeness (QED) is 0.705. The molecule has 116 valence electrons. The van der Waals surface area contributed by atoms with Gasteiger partial charge in [-0.3, -0.25) is 18.5 Å². The van der Waals surface area contributed by atoms with Crippen LogP contribution in [0.25, 0.3) is 11.2 Å². The maximum Gasteiger partial charge on any atom is 0.329 e. The molecule has 21 heavy (non-hydrogen) atoms. The molecule has 0 aromatic carbocycles. The lowest BCUT2D eigenvalue weighted by Gasteiger charge is -2.07. The fraction of sp³-hybridized carbons (Fsp3) is 0.545. The third kappa shape index (κ3) is 3.05. The minimum Gasteiger partial charge on any atom is -0.312 e. The van der Waals surface area contributed by atoms with Crippen LogP contribution >= 0.6 is 0 Å². The molecule has 10 heteroatoms. The number of hydrogen-bond donors (Lipinski definition) is 1. The van der Waals surface area contributed by atoms with Crippen LogP contribution in [0, 0.1) is 0 Å². The van der Waals surface area contributed by atoms with Gasteiger partial charge in [0.05, 0.1) is 19.4 Å². The first-order valence-electron chi connectivity index (χ1n) is 6.27. The molecule has 0 atom stereocenters. The van der Waals surface area contributed by atoms with Crippen molar-refractivity contribution < 1.29 is 12.6 Å². The lowest BCUT2D eigenvalue weighted by atomic mass is 10.4. The number of nitrogens with zero attached hydrogens (tertiary/aromatic N) is 3. The van der Waals surface area contributed by atoms with E-state index in [1.54, 1.807) is 4.57 Å².